The van der Waals surface area contributed by atoms with Gasteiger partial charge in [-0.15, -0.1) is 0 Å². The van der Waals surface area contributed by atoms with E-state index in [4.69, 9.17) is 0 Å². The predicted molar refractivity (Wildman–Crippen MR) is 44.8 cm³/mol. The minimum Gasteiger partial charge on any atom is -0.460 e. The van der Waals surface area contributed by atoms with Crippen LogP contribution in [0.3, 0.4) is 0 Å². The molecule has 0 saturated heterocycles. The van der Waals surface area contributed by atoms with Crippen molar-refractivity contribution in [3.8, 4) is 0 Å². The Balaban J connectivity index is 3.59. The minimum absolute atomic E-state index is 0.178. The second-order valence-corrected chi connectivity index (χ2v) is 3.45. The van der Waals surface area contributed by atoms with Crippen molar-refractivity contribution in [2.45, 2.75) is 6.92 Å². The second kappa shape index (κ2) is 4.95. The lowest BCUT2D eigenvalue weighted by Gasteiger charge is -2.03. The molecule has 0 radical (unpaired) electrons. The van der Waals surface area contributed by atoms with E-state index in [-0.39, 0.29) is 18.8 Å². The maximum atomic E-state index is 10.7. The van der Waals surface area contributed by atoms with Crippen molar-refractivity contribution < 1.29 is 22.1 Å². The number of ether oxygens (including phenoxy) is 1. The average Bonchev–Trinajstić information content (AvgIpc) is 1.95. The molecule has 0 rings (SSSR count). The van der Waals surface area contributed by atoms with Crippen molar-refractivity contribution in [1.82, 2.24) is 0 Å². The smallest absolute Gasteiger partial charge is 0.333 e. The van der Waals surface area contributed by atoms with Crippen molar-refractivity contribution in [2.24, 2.45) is 5.14 Å². The Labute approximate surface area is 76.6 Å². The zero-order chi connectivity index (χ0) is 10.5. The van der Waals surface area contributed by atoms with Crippen molar-refractivity contribution in [2.75, 3.05) is 13.2 Å². The highest BCUT2D eigenvalue weighted by Crippen LogP contribution is 1.92. The van der Waals surface area contributed by atoms with Gasteiger partial charge in [0.1, 0.15) is 13.2 Å². The van der Waals surface area contributed by atoms with Crippen molar-refractivity contribution in [3.05, 3.63) is 12.2 Å². The number of esters is 1. The average molecular weight is 209 g/mol. The van der Waals surface area contributed by atoms with Crippen molar-refractivity contribution >= 4 is 16.3 Å². The molecule has 0 heterocycles. The molecule has 0 aromatic rings. The Hall–Kier alpha value is -0.920. The minimum atomic E-state index is -3.96. The van der Waals surface area contributed by atoms with E-state index in [9.17, 15) is 13.2 Å². The summed E-state index contributed by atoms with van der Waals surface area (Å²) in [7, 11) is -3.96. The number of hydrogen-bond acceptors (Lipinski definition) is 5. The lowest BCUT2D eigenvalue weighted by Crippen LogP contribution is -2.19. The molecule has 13 heavy (non-hydrogen) atoms. The summed E-state index contributed by atoms with van der Waals surface area (Å²) in [5.41, 5.74) is 0.232. The van der Waals surface area contributed by atoms with E-state index in [0.29, 0.717) is 0 Å². The van der Waals surface area contributed by atoms with Gasteiger partial charge in [0.05, 0.1) is 0 Å². The highest BCUT2D eigenvalue weighted by molar-refractivity contribution is 7.84. The first kappa shape index (κ1) is 12.1. The molecule has 7 heteroatoms. The molecule has 0 unspecified atom stereocenters. The molecule has 0 aliphatic rings. The maximum absolute atomic E-state index is 10.7. The standard InChI is InChI=1S/C6H11NO5S/c1-5(2)6(8)11-3-4-12-13(7,9)10/h1,3-4H2,2H3,(H2,7,9,10). The summed E-state index contributed by atoms with van der Waals surface area (Å²) in [5.74, 6) is -0.599. The maximum Gasteiger partial charge on any atom is 0.333 e. The van der Waals surface area contributed by atoms with Gasteiger partial charge in [-0.2, -0.15) is 8.42 Å². The Morgan fingerprint density at radius 2 is 2.00 bits per heavy atom. The molecule has 0 bridgehead atoms. The van der Waals surface area contributed by atoms with Crippen LogP contribution in [-0.2, 0) is 24.0 Å². The zero-order valence-electron chi connectivity index (χ0n) is 7.15. The van der Waals surface area contributed by atoms with Crippen LogP contribution in [0.4, 0.5) is 0 Å². The van der Waals surface area contributed by atoms with Crippen molar-refractivity contribution in [3.63, 3.8) is 0 Å². The lowest BCUT2D eigenvalue weighted by atomic mass is 10.4. The largest absolute Gasteiger partial charge is 0.460 e. The topological polar surface area (TPSA) is 95.7 Å². The predicted octanol–water partition coefficient (Wildman–Crippen LogP) is -0.674. The number of carbonyl (C=O) groups is 1. The first-order valence-corrected chi connectivity index (χ1v) is 4.80. The Kier molecular flexibility index (Phi) is 4.60. The van der Waals surface area contributed by atoms with Gasteiger partial charge in [-0.25, -0.2) is 9.93 Å². The highest BCUT2D eigenvalue weighted by Gasteiger charge is 2.05. The molecule has 0 aliphatic heterocycles. The van der Waals surface area contributed by atoms with E-state index in [1.807, 2.05) is 0 Å². The molecule has 0 spiro atoms. The Morgan fingerprint density at radius 1 is 1.46 bits per heavy atom. The van der Waals surface area contributed by atoms with Crippen LogP contribution in [0, 0.1) is 0 Å². The summed E-state index contributed by atoms with van der Waals surface area (Å²) in [6.45, 7) is 4.33. The molecule has 0 atom stereocenters. The third-order valence-electron chi connectivity index (χ3n) is 0.913. The third kappa shape index (κ3) is 7.44. The van der Waals surface area contributed by atoms with E-state index in [2.05, 4.69) is 20.6 Å². The number of rotatable bonds is 5. The molecule has 2 N–H and O–H groups in total. The number of nitrogens with two attached hydrogens (primary N) is 1. The van der Waals surface area contributed by atoms with Gasteiger partial charge >= 0.3 is 16.3 Å². The van der Waals surface area contributed by atoms with Gasteiger partial charge in [0.2, 0.25) is 0 Å². The summed E-state index contributed by atoms with van der Waals surface area (Å²) < 4.78 is 29.0. The quantitative estimate of drug-likeness (QED) is 0.368. The summed E-state index contributed by atoms with van der Waals surface area (Å²) in [6, 6.07) is 0. The van der Waals surface area contributed by atoms with Crippen LogP contribution >= 0.6 is 0 Å². The molecule has 0 aromatic heterocycles. The zero-order valence-corrected chi connectivity index (χ0v) is 7.96. The van der Waals surface area contributed by atoms with Crippen LogP contribution in [0.15, 0.2) is 12.2 Å². The normalized spacial score (nSPS) is 10.9. The lowest BCUT2D eigenvalue weighted by molar-refractivity contribution is -0.139. The SMILES string of the molecule is C=C(C)C(=O)OCCOS(N)(=O)=O. The van der Waals surface area contributed by atoms with Gasteiger partial charge in [-0.3, -0.25) is 4.18 Å². The van der Waals surface area contributed by atoms with Gasteiger partial charge in [0.15, 0.2) is 0 Å². The Bertz CT molecular complexity index is 294. The van der Waals surface area contributed by atoms with Gasteiger partial charge in [-0.05, 0) is 6.92 Å². The van der Waals surface area contributed by atoms with Crippen LogP contribution in [0.5, 0.6) is 0 Å². The molecule has 0 aromatic carbocycles. The van der Waals surface area contributed by atoms with Crippen LogP contribution in [-0.4, -0.2) is 27.6 Å². The number of carbonyl (C=O) groups excluding carboxylic acids is 1. The summed E-state index contributed by atoms with van der Waals surface area (Å²) in [6.07, 6.45) is 0. The molecule has 0 amide bonds. The Morgan fingerprint density at radius 3 is 2.38 bits per heavy atom. The summed E-state index contributed by atoms with van der Waals surface area (Å²) >= 11 is 0. The van der Waals surface area contributed by atoms with E-state index in [1.54, 1.807) is 0 Å². The molecule has 76 valence electrons. The fraction of sp³-hybridized carbons (Fsp3) is 0.500. The first-order chi connectivity index (χ1) is 5.83. The van der Waals surface area contributed by atoms with E-state index < -0.39 is 16.3 Å². The van der Waals surface area contributed by atoms with Crippen LogP contribution in [0.25, 0.3) is 0 Å². The van der Waals surface area contributed by atoms with E-state index >= 15 is 0 Å². The van der Waals surface area contributed by atoms with Gasteiger partial charge in [0.25, 0.3) is 0 Å². The fourth-order valence-electron chi connectivity index (χ4n) is 0.408. The van der Waals surface area contributed by atoms with Crippen LogP contribution in [0.2, 0.25) is 0 Å². The van der Waals surface area contributed by atoms with Gasteiger partial charge < -0.3 is 4.74 Å². The number of hydrogen-bond donors (Lipinski definition) is 1. The van der Waals surface area contributed by atoms with E-state index in [1.165, 1.54) is 6.92 Å². The molecule has 6 nitrogen and oxygen atoms in total. The molecular formula is C6H11NO5S. The van der Waals surface area contributed by atoms with E-state index in [0.717, 1.165) is 0 Å². The van der Waals surface area contributed by atoms with Crippen molar-refractivity contribution in [1.29, 1.82) is 0 Å². The fourth-order valence-corrected chi connectivity index (χ4v) is 0.708. The molecule has 0 fully saturated rings. The third-order valence-corrected chi connectivity index (χ3v) is 1.41. The molecule has 0 saturated carbocycles. The summed E-state index contributed by atoms with van der Waals surface area (Å²) in [5, 5.41) is 4.50. The van der Waals surface area contributed by atoms with Gasteiger partial charge in [0, 0.05) is 5.57 Å². The first-order valence-electron chi connectivity index (χ1n) is 3.32. The second-order valence-electron chi connectivity index (χ2n) is 2.23. The summed E-state index contributed by atoms with van der Waals surface area (Å²) in [4.78, 5) is 10.7. The molecular weight excluding hydrogens is 198 g/mol. The highest BCUT2D eigenvalue weighted by atomic mass is 32.2. The monoisotopic (exact) mass is 209 g/mol. The van der Waals surface area contributed by atoms with Crippen LogP contribution < -0.4 is 5.14 Å². The van der Waals surface area contributed by atoms with Crippen LogP contribution in [0.1, 0.15) is 6.92 Å². The van der Waals surface area contributed by atoms with Gasteiger partial charge in [-0.1, -0.05) is 6.58 Å². The molecule has 0 aliphatic carbocycles.